The van der Waals surface area contributed by atoms with Crippen LogP contribution in [-0.2, 0) is 0 Å². The topological polar surface area (TPSA) is 46.3 Å². The molecule has 0 radical (unpaired) electrons. The van der Waals surface area contributed by atoms with Crippen molar-refractivity contribution in [2.75, 3.05) is 5.88 Å². The summed E-state index contributed by atoms with van der Waals surface area (Å²) in [6.07, 6.45) is -0.733. The van der Waals surface area contributed by atoms with E-state index in [1.807, 2.05) is 0 Å². The van der Waals surface area contributed by atoms with Crippen molar-refractivity contribution in [1.29, 1.82) is 0 Å². The molecule has 1 rings (SSSR count). The third kappa shape index (κ3) is 1.49. The molecule has 1 N–H and O–H groups in total. The molecule has 0 saturated heterocycles. The van der Waals surface area contributed by atoms with Crippen LogP contribution in [0.4, 0.5) is 0 Å². The molecule has 0 aliphatic heterocycles. The summed E-state index contributed by atoms with van der Waals surface area (Å²) < 4.78 is 4.73. The number of hydrogen-bond acceptors (Lipinski definition) is 3. The average Bonchev–Trinajstić information content (AvgIpc) is 2.34. The van der Waals surface area contributed by atoms with Gasteiger partial charge < -0.3 is 9.63 Å². The van der Waals surface area contributed by atoms with Gasteiger partial charge in [-0.2, -0.15) is 0 Å². The van der Waals surface area contributed by atoms with Crippen molar-refractivity contribution in [3.05, 3.63) is 17.5 Å². The zero-order valence-electron chi connectivity index (χ0n) is 5.54. The number of alkyl halides is 1. The molecule has 0 bridgehead atoms. The maximum absolute atomic E-state index is 9.08. The first-order chi connectivity index (χ1) is 4.74. The Bertz CT molecular complexity index is 211. The van der Waals surface area contributed by atoms with Crippen molar-refractivity contribution in [3.8, 4) is 0 Å². The lowest BCUT2D eigenvalue weighted by Gasteiger charge is -1.97. The molecule has 1 heterocycles. The largest absolute Gasteiger partial charge is 0.384 e. The second-order valence-corrected chi connectivity index (χ2v) is 2.35. The highest BCUT2D eigenvalue weighted by Gasteiger charge is 2.10. The Labute approximate surface area is 63.6 Å². The molecule has 56 valence electrons. The highest BCUT2D eigenvalue weighted by atomic mass is 35.5. The van der Waals surface area contributed by atoms with Crippen molar-refractivity contribution in [1.82, 2.24) is 5.16 Å². The normalized spacial score (nSPS) is 13.5. The van der Waals surface area contributed by atoms with Crippen LogP contribution < -0.4 is 0 Å². The van der Waals surface area contributed by atoms with Gasteiger partial charge in [-0.25, -0.2) is 0 Å². The molecule has 1 atom stereocenters. The Morgan fingerprint density at radius 2 is 2.60 bits per heavy atom. The van der Waals surface area contributed by atoms with E-state index in [4.69, 9.17) is 21.2 Å². The van der Waals surface area contributed by atoms with Gasteiger partial charge in [0.05, 0.1) is 11.6 Å². The first-order valence-electron chi connectivity index (χ1n) is 2.91. The highest BCUT2D eigenvalue weighted by molar-refractivity contribution is 6.18. The molecule has 0 spiro atoms. The van der Waals surface area contributed by atoms with Gasteiger partial charge >= 0.3 is 0 Å². The van der Waals surface area contributed by atoms with Gasteiger partial charge in [0.25, 0.3) is 0 Å². The van der Waals surface area contributed by atoms with Crippen LogP contribution in [0.3, 0.4) is 0 Å². The maximum Gasteiger partial charge on any atom is 0.166 e. The summed E-state index contributed by atoms with van der Waals surface area (Å²) >= 11 is 5.36. The Morgan fingerprint density at radius 3 is 3.00 bits per heavy atom. The summed E-state index contributed by atoms with van der Waals surface area (Å²) in [5.41, 5.74) is 0.749. The van der Waals surface area contributed by atoms with Crippen LogP contribution in [0.25, 0.3) is 0 Å². The molecule has 1 unspecified atom stereocenters. The van der Waals surface area contributed by atoms with E-state index < -0.39 is 6.10 Å². The molecule has 1 aromatic rings. The lowest BCUT2D eigenvalue weighted by molar-refractivity contribution is 0.160. The summed E-state index contributed by atoms with van der Waals surface area (Å²) in [5, 5.41) is 12.7. The first kappa shape index (κ1) is 7.57. The van der Waals surface area contributed by atoms with Gasteiger partial charge in [-0.15, -0.1) is 11.6 Å². The highest BCUT2D eigenvalue weighted by Crippen LogP contribution is 2.14. The van der Waals surface area contributed by atoms with Crippen molar-refractivity contribution < 1.29 is 9.63 Å². The number of halogens is 1. The van der Waals surface area contributed by atoms with E-state index in [9.17, 15) is 0 Å². The molecule has 0 aromatic carbocycles. The van der Waals surface area contributed by atoms with E-state index in [1.54, 1.807) is 13.0 Å². The van der Waals surface area contributed by atoms with Crippen LogP contribution >= 0.6 is 11.6 Å². The summed E-state index contributed by atoms with van der Waals surface area (Å²) in [5.74, 6) is 0.557. The second kappa shape index (κ2) is 3.03. The van der Waals surface area contributed by atoms with E-state index >= 15 is 0 Å². The Hall–Kier alpha value is -0.540. The van der Waals surface area contributed by atoms with Gasteiger partial charge in [0.1, 0.15) is 6.10 Å². The lowest BCUT2D eigenvalue weighted by atomic mass is 10.3. The van der Waals surface area contributed by atoms with Gasteiger partial charge in [0.15, 0.2) is 5.76 Å². The fourth-order valence-corrected chi connectivity index (χ4v) is 0.768. The van der Waals surface area contributed by atoms with Crippen molar-refractivity contribution in [3.63, 3.8) is 0 Å². The first-order valence-corrected chi connectivity index (χ1v) is 3.44. The fraction of sp³-hybridized carbons (Fsp3) is 0.500. The van der Waals surface area contributed by atoms with Crippen molar-refractivity contribution in [2.45, 2.75) is 13.0 Å². The van der Waals surface area contributed by atoms with E-state index in [1.165, 1.54) is 0 Å². The van der Waals surface area contributed by atoms with Crippen molar-refractivity contribution in [2.24, 2.45) is 0 Å². The predicted molar refractivity (Wildman–Crippen MR) is 36.9 cm³/mol. The van der Waals surface area contributed by atoms with Crippen LogP contribution in [0.5, 0.6) is 0 Å². The minimum absolute atomic E-state index is 0.134. The second-order valence-electron chi connectivity index (χ2n) is 2.04. The number of aliphatic hydroxyl groups excluding tert-OH is 1. The monoisotopic (exact) mass is 161 g/mol. The zero-order valence-corrected chi connectivity index (χ0v) is 6.30. The lowest BCUT2D eigenvalue weighted by Crippen LogP contribution is -1.95. The molecule has 0 saturated carbocycles. The third-order valence-corrected chi connectivity index (χ3v) is 1.41. The Balaban J connectivity index is 2.74. The van der Waals surface area contributed by atoms with Gasteiger partial charge in [-0.1, -0.05) is 5.16 Å². The van der Waals surface area contributed by atoms with Gasteiger partial charge in [0.2, 0.25) is 0 Å². The molecule has 4 heteroatoms. The van der Waals surface area contributed by atoms with Crippen LogP contribution in [0, 0.1) is 6.92 Å². The van der Waals surface area contributed by atoms with E-state index in [2.05, 4.69) is 5.16 Å². The molecular formula is C6H8ClNO2. The molecule has 0 aliphatic carbocycles. The number of aromatic nitrogens is 1. The van der Waals surface area contributed by atoms with Gasteiger partial charge in [-0.05, 0) is 6.92 Å². The number of aryl methyl sites for hydroxylation is 1. The number of rotatable bonds is 2. The van der Waals surface area contributed by atoms with Crippen LogP contribution in [-0.4, -0.2) is 16.1 Å². The molecule has 10 heavy (non-hydrogen) atoms. The fourth-order valence-electron chi connectivity index (χ4n) is 0.616. The predicted octanol–water partition coefficient (Wildman–Crippen LogP) is 1.26. The summed E-state index contributed by atoms with van der Waals surface area (Å²) in [4.78, 5) is 0. The van der Waals surface area contributed by atoms with Crippen molar-refractivity contribution >= 4 is 11.6 Å². The molecule has 3 nitrogen and oxygen atoms in total. The van der Waals surface area contributed by atoms with E-state index in [-0.39, 0.29) is 5.88 Å². The molecule has 1 aromatic heterocycles. The molecule has 0 amide bonds. The third-order valence-electron chi connectivity index (χ3n) is 1.12. The minimum Gasteiger partial charge on any atom is -0.384 e. The quantitative estimate of drug-likeness (QED) is 0.665. The number of aliphatic hydroxyl groups is 1. The average molecular weight is 162 g/mol. The smallest absolute Gasteiger partial charge is 0.166 e. The van der Waals surface area contributed by atoms with Crippen LogP contribution in [0.1, 0.15) is 17.6 Å². The van der Waals surface area contributed by atoms with E-state index in [0.29, 0.717) is 5.76 Å². The van der Waals surface area contributed by atoms with Crippen LogP contribution in [0.15, 0.2) is 10.6 Å². The minimum atomic E-state index is -0.733. The SMILES string of the molecule is Cc1cc(C(O)CCl)on1. The Kier molecular flexibility index (Phi) is 2.29. The van der Waals surface area contributed by atoms with Gasteiger partial charge in [0, 0.05) is 6.07 Å². The molecular weight excluding hydrogens is 154 g/mol. The zero-order chi connectivity index (χ0) is 7.56. The summed E-state index contributed by atoms with van der Waals surface area (Å²) in [7, 11) is 0. The van der Waals surface area contributed by atoms with Gasteiger partial charge in [-0.3, -0.25) is 0 Å². The summed E-state index contributed by atoms with van der Waals surface area (Å²) in [6.45, 7) is 1.79. The van der Waals surface area contributed by atoms with E-state index in [0.717, 1.165) is 5.69 Å². The number of nitrogens with zero attached hydrogens (tertiary/aromatic N) is 1. The molecule has 0 aliphatic rings. The summed E-state index contributed by atoms with van der Waals surface area (Å²) in [6, 6.07) is 1.66. The molecule has 0 fully saturated rings. The van der Waals surface area contributed by atoms with Crippen LogP contribution in [0.2, 0.25) is 0 Å². The Morgan fingerprint density at radius 1 is 1.90 bits per heavy atom. The number of hydrogen-bond donors (Lipinski definition) is 1. The standard InChI is InChI=1S/C6H8ClNO2/c1-4-2-6(10-8-4)5(9)3-7/h2,5,9H,3H2,1H3. The maximum atomic E-state index is 9.08.